The Morgan fingerprint density at radius 2 is 2.00 bits per heavy atom. The zero-order valence-corrected chi connectivity index (χ0v) is 12.5. The Labute approximate surface area is 129 Å². The van der Waals surface area contributed by atoms with Gasteiger partial charge < -0.3 is 15.5 Å². The van der Waals surface area contributed by atoms with E-state index >= 15 is 0 Å². The van der Waals surface area contributed by atoms with Gasteiger partial charge in [0.25, 0.3) is 5.91 Å². The second-order valence-corrected chi connectivity index (χ2v) is 4.66. The predicted molar refractivity (Wildman–Crippen MR) is 83.1 cm³/mol. The third-order valence-corrected chi connectivity index (χ3v) is 3.53. The number of carbonyl (C=O) groups is 1. The number of nitrogens with two attached hydrogens (primary N) is 1. The van der Waals surface area contributed by atoms with Gasteiger partial charge in [-0.05, 0) is 38.1 Å². The zero-order chi connectivity index (χ0) is 12.5. The largest absolute Gasteiger partial charge is 0.364 e. The number of hydrogen-bond acceptors (Lipinski definition) is 3. The molecule has 1 fully saturated rings. The average molecular weight is 317 g/mol. The van der Waals surface area contributed by atoms with Crippen molar-refractivity contribution in [3.8, 4) is 0 Å². The van der Waals surface area contributed by atoms with Gasteiger partial charge in [0.2, 0.25) is 0 Å². The molecule has 2 aromatic rings. The van der Waals surface area contributed by atoms with Crippen molar-refractivity contribution in [3.05, 3.63) is 35.8 Å². The lowest BCUT2D eigenvalue weighted by molar-refractivity contribution is 0.0994. The summed E-state index contributed by atoms with van der Waals surface area (Å²) in [4.78, 5) is 15.9. The van der Waals surface area contributed by atoms with Crippen molar-refractivity contribution in [2.45, 2.75) is 18.8 Å². The number of pyridine rings is 1. The average Bonchev–Trinajstić information content (AvgIpc) is 2.79. The molecule has 0 bridgehead atoms. The quantitative estimate of drug-likeness (QED) is 0.886. The van der Waals surface area contributed by atoms with Crippen LogP contribution in [0.15, 0.2) is 24.4 Å². The van der Waals surface area contributed by atoms with Crippen LogP contribution in [0.5, 0.6) is 0 Å². The number of fused-ring (bicyclic) bond motifs is 1. The Morgan fingerprint density at radius 1 is 1.30 bits per heavy atom. The molecule has 0 spiro atoms. The maximum atomic E-state index is 11.6. The van der Waals surface area contributed by atoms with E-state index in [1.54, 1.807) is 0 Å². The van der Waals surface area contributed by atoms with Crippen molar-refractivity contribution in [2.75, 3.05) is 13.1 Å². The molecular formula is C13H18Cl2N4O. The summed E-state index contributed by atoms with van der Waals surface area (Å²) < 4.78 is 2.00. The Morgan fingerprint density at radius 3 is 2.65 bits per heavy atom. The van der Waals surface area contributed by atoms with E-state index in [0.29, 0.717) is 11.6 Å². The number of aromatic nitrogens is 2. The van der Waals surface area contributed by atoms with Crippen LogP contribution >= 0.6 is 24.8 Å². The summed E-state index contributed by atoms with van der Waals surface area (Å²) >= 11 is 0. The number of hydrogen-bond donors (Lipinski definition) is 2. The topological polar surface area (TPSA) is 72.4 Å². The molecule has 0 radical (unpaired) electrons. The monoisotopic (exact) mass is 316 g/mol. The summed E-state index contributed by atoms with van der Waals surface area (Å²) in [6.07, 6.45) is 3.98. The third kappa shape index (κ3) is 2.90. The number of amides is 1. The fourth-order valence-electron chi connectivity index (χ4n) is 2.68. The number of halogens is 2. The zero-order valence-electron chi connectivity index (χ0n) is 10.9. The van der Waals surface area contributed by atoms with Crippen LogP contribution in [-0.2, 0) is 0 Å². The fraction of sp³-hybridized carbons (Fsp3) is 0.385. The highest BCUT2D eigenvalue weighted by Crippen LogP contribution is 2.28. The minimum absolute atomic E-state index is 0. The number of carbonyl (C=O) groups excluding carboxylic acids is 1. The van der Waals surface area contributed by atoms with Crippen molar-refractivity contribution < 1.29 is 4.79 Å². The first-order chi connectivity index (χ1) is 8.77. The number of nitrogens with zero attached hydrogens (tertiary/aromatic N) is 2. The molecule has 110 valence electrons. The summed E-state index contributed by atoms with van der Waals surface area (Å²) in [6, 6.07) is 5.76. The number of primary amides is 1. The first-order valence-electron chi connectivity index (χ1n) is 6.25. The van der Waals surface area contributed by atoms with E-state index in [9.17, 15) is 4.79 Å². The number of imidazole rings is 1. The summed E-state index contributed by atoms with van der Waals surface area (Å²) in [6.45, 7) is 1.95. The van der Waals surface area contributed by atoms with E-state index in [0.717, 1.165) is 37.3 Å². The Kier molecular flexibility index (Phi) is 5.80. The normalized spacial score (nSPS) is 15.4. The van der Waals surface area contributed by atoms with Crippen LogP contribution in [-0.4, -0.2) is 28.4 Å². The van der Waals surface area contributed by atoms with Gasteiger partial charge in [0, 0.05) is 12.1 Å². The van der Waals surface area contributed by atoms with Gasteiger partial charge in [-0.15, -0.1) is 24.8 Å². The Hall–Kier alpha value is -1.30. The van der Waals surface area contributed by atoms with Gasteiger partial charge in [0.1, 0.15) is 11.3 Å². The first kappa shape index (κ1) is 16.8. The third-order valence-electron chi connectivity index (χ3n) is 3.53. The van der Waals surface area contributed by atoms with E-state index in [-0.39, 0.29) is 24.8 Å². The van der Waals surface area contributed by atoms with Crippen molar-refractivity contribution in [2.24, 2.45) is 5.73 Å². The maximum Gasteiger partial charge on any atom is 0.269 e. The smallest absolute Gasteiger partial charge is 0.269 e. The van der Waals surface area contributed by atoms with Gasteiger partial charge >= 0.3 is 0 Å². The van der Waals surface area contributed by atoms with E-state index in [2.05, 4.69) is 10.3 Å². The molecule has 1 amide bonds. The number of rotatable bonds is 2. The molecule has 1 aliphatic rings. The van der Waals surface area contributed by atoms with E-state index in [1.807, 2.05) is 28.8 Å². The van der Waals surface area contributed by atoms with E-state index < -0.39 is 5.91 Å². The predicted octanol–water partition coefficient (Wildman–Crippen LogP) is 1.74. The minimum Gasteiger partial charge on any atom is -0.364 e. The van der Waals surface area contributed by atoms with Crippen molar-refractivity contribution in [3.63, 3.8) is 0 Å². The number of nitrogens with one attached hydrogen (secondary N) is 1. The molecule has 20 heavy (non-hydrogen) atoms. The molecule has 1 aliphatic heterocycles. The molecule has 0 aromatic carbocycles. The molecule has 0 saturated carbocycles. The van der Waals surface area contributed by atoms with Gasteiger partial charge in [0.15, 0.2) is 0 Å². The molecule has 0 atom stereocenters. The Balaban J connectivity index is 0.000001000. The highest BCUT2D eigenvalue weighted by Gasteiger charge is 2.25. The van der Waals surface area contributed by atoms with Crippen LogP contribution in [0.1, 0.15) is 34.9 Å². The van der Waals surface area contributed by atoms with Crippen LogP contribution in [0, 0.1) is 0 Å². The molecule has 3 N–H and O–H groups in total. The van der Waals surface area contributed by atoms with Crippen LogP contribution < -0.4 is 11.1 Å². The lowest BCUT2D eigenvalue weighted by Crippen LogP contribution is -2.28. The summed E-state index contributed by atoms with van der Waals surface area (Å²) in [5.41, 5.74) is 7.64. The van der Waals surface area contributed by atoms with Gasteiger partial charge in [0.05, 0.1) is 5.69 Å². The van der Waals surface area contributed by atoms with E-state index in [4.69, 9.17) is 5.73 Å². The first-order valence-corrected chi connectivity index (χ1v) is 6.25. The SMILES string of the molecule is Cl.Cl.NC(=O)c1nc2ccccn2c1C1CCNCC1. The van der Waals surface area contributed by atoms with Crippen LogP contribution in [0.25, 0.3) is 5.65 Å². The maximum absolute atomic E-state index is 11.6. The molecule has 2 aromatic heterocycles. The molecule has 7 heteroatoms. The molecule has 1 saturated heterocycles. The van der Waals surface area contributed by atoms with Crippen molar-refractivity contribution in [1.82, 2.24) is 14.7 Å². The van der Waals surface area contributed by atoms with Gasteiger partial charge in [-0.2, -0.15) is 0 Å². The van der Waals surface area contributed by atoms with Crippen LogP contribution in [0.3, 0.4) is 0 Å². The fourth-order valence-corrected chi connectivity index (χ4v) is 2.68. The summed E-state index contributed by atoms with van der Waals surface area (Å²) in [7, 11) is 0. The summed E-state index contributed by atoms with van der Waals surface area (Å²) in [5.74, 6) is -0.0848. The second-order valence-electron chi connectivity index (χ2n) is 4.66. The molecule has 0 unspecified atom stereocenters. The van der Waals surface area contributed by atoms with Crippen LogP contribution in [0.4, 0.5) is 0 Å². The van der Waals surface area contributed by atoms with Gasteiger partial charge in [-0.1, -0.05) is 6.07 Å². The van der Waals surface area contributed by atoms with Gasteiger partial charge in [-0.3, -0.25) is 4.79 Å². The van der Waals surface area contributed by atoms with Gasteiger partial charge in [-0.25, -0.2) is 4.98 Å². The van der Waals surface area contributed by atoms with Crippen molar-refractivity contribution in [1.29, 1.82) is 0 Å². The standard InChI is InChI=1S/C13H16N4O.2ClH/c14-13(18)11-12(9-4-6-15-7-5-9)17-8-2-1-3-10(17)16-11;;/h1-3,8-9,15H,4-7H2,(H2,14,18);2*1H. The highest BCUT2D eigenvalue weighted by atomic mass is 35.5. The second kappa shape index (κ2) is 6.92. The molecule has 3 heterocycles. The summed E-state index contributed by atoms with van der Waals surface area (Å²) in [5, 5.41) is 3.33. The molecule has 5 nitrogen and oxygen atoms in total. The Bertz CT molecular complexity index is 593. The lowest BCUT2D eigenvalue weighted by Gasteiger charge is -2.23. The molecule has 3 rings (SSSR count). The lowest BCUT2D eigenvalue weighted by atomic mass is 9.93. The van der Waals surface area contributed by atoms with E-state index in [1.165, 1.54) is 0 Å². The molecule has 0 aliphatic carbocycles. The molecular weight excluding hydrogens is 299 g/mol. The van der Waals surface area contributed by atoms with Crippen LogP contribution in [0.2, 0.25) is 0 Å². The van der Waals surface area contributed by atoms with Crippen molar-refractivity contribution >= 4 is 36.4 Å². The number of piperidine rings is 1. The highest BCUT2D eigenvalue weighted by molar-refractivity contribution is 5.93. The minimum atomic E-state index is -0.438.